The highest BCUT2D eigenvalue weighted by molar-refractivity contribution is 5.21. The molecule has 0 unspecified atom stereocenters. The van der Waals surface area contributed by atoms with Gasteiger partial charge in [0.25, 0.3) is 0 Å². The van der Waals surface area contributed by atoms with Crippen LogP contribution in [-0.4, -0.2) is 9.55 Å². The summed E-state index contributed by atoms with van der Waals surface area (Å²) in [5.41, 5.74) is 4.03. The van der Waals surface area contributed by atoms with Crippen molar-refractivity contribution in [2.45, 2.75) is 116 Å². The van der Waals surface area contributed by atoms with Crippen LogP contribution >= 0.6 is 0 Å². The Labute approximate surface area is 215 Å². The summed E-state index contributed by atoms with van der Waals surface area (Å²) in [6.07, 6.45) is 23.4. The van der Waals surface area contributed by atoms with Gasteiger partial charge in [-0.15, -0.1) is 0 Å². The molecule has 0 fully saturated rings. The third kappa shape index (κ3) is 11.3. The first-order chi connectivity index (χ1) is 17.3. The van der Waals surface area contributed by atoms with Gasteiger partial charge in [-0.3, -0.25) is 0 Å². The third-order valence-corrected chi connectivity index (χ3v) is 7.11. The largest absolute Gasteiger partial charge is 0.334 e. The lowest BCUT2D eigenvalue weighted by molar-refractivity contribution is 0.524. The van der Waals surface area contributed by atoms with Gasteiger partial charge in [-0.2, -0.15) is 0 Å². The fourth-order valence-corrected chi connectivity index (χ4v) is 4.99. The minimum absolute atomic E-state index is 0.928. The molecular formula is C33H48N2. The van der Waals surface area contributed by atoms with Crippen molar-refractivity contribution >= 4 is 0 Å². The number of aromatic nitrogens is 2. The summed E-state index contributed by atoms with van der Waals surface area (Å²) in [5, 5.41) is 0. The molecule has 0 N–H and O–H groups in total. The lowest BCUT2D eigenvalue weighted by Crippen LogP contribution is -2.04. The molecule has 0 aliphatic rings. The molecular weight excluding hydrogens is 424 g/mol. The Morgan fingerprint density at radius 2 is 1.11 bits per heavy atom. The highest BCUT2D eigenvalue weighted by Crippen LogP contribution is 2.16. The molecule has 0 bridgehead atoms. The van der Waals surface area contributed by atoms with Crippen LogP contribution in [0.2, 0.25) is 0 Å². The Balaban J connectivity index is 1.39. The van der Waals surface area contributed by atoms with E-state index in [1.807, 2.05) is 0 Å². The van der Waals surface area contributed by atoms with Crippen molar-refractivity contribution in [2.24, 2.45) is 0 Å². The predicted octanol–water partition coefficient (Wildman–Crippen LogP) is 9.35. The number of nitrogens with zero attached hydrogens (tertiary/aromatic N) is 2. The van der Waals surface area contributed by atoms with Gasteiger partial charge in [0.1, 0.15) is 5.82 Å². The van der Waals surface area contributed by atoms with Crippen molar-refractivity contribution in [3.05, 3.63) is 89.5 Å². The van der Waals surface area contributed by atoms with Gasteiger partial charge in [0, 0.05) is 19.2 Å². The first-order valence-electron chi connectivity index (χ1n) is 14.5. The Morgan fingerprint density at radius 1 is 0.571 bits per heavy atom. The number of rotatable bonds is 19. The van der Waals surface area contributed by atoms with Crippen molar-refractivity contribution in [2.75, 3.05) is 0 Å². The van der Waals surface area contributed by atoms with Crippen LogP contribution in [0.1, 0.15) is 113 Å². The maximum atomic E-state index is 5.08. The first kappa shape index (κ1) is 27.2. The standard InChI is InChI=1S/C33H48N2/c1-2-3-4-5-6-7-8-9-10-11-12-19-27-35-29-32(26-20-25-30-21-15-13-16-22-30)34-33(35)28-31-23-17-14-18-24-31/h13-18,21-24,29H,2-12,19-20,25-28H2,1H3. The van der Waals surface area contributed by atoms with E-state index in [2.05, 4.69) is 78.4 Å². The molecule has 2 nitrogen and oxygen atoms in total. The number of imidazole rings is 1. The first-order valence-corrected chi connectivity index (χ1v) is 14.5. The lowest BCUT2D eigenvalue weighted by atomic mass is 10.1. The van der Waals surface area contributed by atoms with E-state index >= 15 is 0 Å². The SMILES string of the molecule is CCCCCCCCCCCCCCn1cc(CCCc2ccccc2)nc1Cc1ccccc1. The summed E-state index contributed by atoms with van der Waals surface area (Å²) < 4.78 is 2.45. The van der Waals surface area contributed by atoms with Gasteiger partial charge >= 0.3 is 0 Å². The van der Waals surface area contributed by atoms with E-state index in [1.165, 1.54) is 99.7 Å². The molecule has 2 aromatic carbocycles. The van der Waals surface area contributed by atoms with Crippen LogP contribution < -0.4 is 0 Å². The summed E-state index contributed by atoms with van der Waals surface area (Å²) in [5.74, 6) is 1.23. The molecule has 1 heterocycles. The molecule has 190 valence electrons. The molecule has 0 amide bonds. The van der Waals surface area contributed by atoms with Gasteiger partial charge in [-0.25, -0.2) is 4.98 Å². The Hall–Kier alpha value is -2.35. The Bertz CT molecular complexity index is 897. The predicted molar refractivity (Wildman–Crippen MR) is 151 cm³/mol. The van der Waals surface area contributed by atoms with E-state index < -0.39 is 0 Å². The molecule has 0 atom stereocenters. The second-order valence-corrected chi connectivity index (χ2v) is 10.2. The number of unbranched alkanes of at least 4 members (excludes halogenated alkanes) is 11. The van der Waals surface area contributed by atoms with E-state index in [-0.39, 0.29) is 0 Å². The van der Waals surface area contributed by atoms with Gasteiger partial charge in [0.05, 0.1) is 5.69 Å². The average molecular weight is 473 g/mol. The van der Waals surface area contributed by atoms with Crippen LogP contribution in [0.15, 0.2) is 66.9 Å². The number of aryl methyl sites for hydroxylation is 3. The quantitative estimate of drug-likeness (QED) is 0.159. The molecule has 35 heavy (non-hydrogen) atoms. The molecule has 0 saturated carbocycles. The highest BCUT2D eigenvalue weighted by atomic mass is 15.1. The van der Waals surface area contributed by atoms with Gasteiger partial charge in [0.15, 0.2) is 0 Å². The zero-order valence-electron chi connectivity index (χ0n) is 22.3. The maximum absolute atomic E-state index is 5.08. The second-order valence-electron chi connectivity index (χ2n) is 10.2. The van der Waals surface area contributed by atoms with Gasteiger partial charge in [-0.05, 0) is 36.8 Å². The summed E-state index contributed by atoms with van der Waals surface area (Å²) >= 11 is 0. The van der Waals surface area contributed by atoms with E-state index in [1.54, 1.807) is 0 Å². The van der Waals surface area contributed by atoms with Crippen molar-refractivity contribution < 1.29 is 0 Å². The van der Waals surface area contributed by atoms with Crippen LogP contribution in [0.5, 0.6) is 0 Å². The molecule has 3 rings (SSSR count). The topological polar surface area (TPSA) is 17.8 Å². The summed E-state index contributed by atoms with van der Waals surface area (Å²) in [4.78, 5) is 5.08. The van der Waals surface area contributed by atoms with Crippen molar-refractivity contribution in [1.29, 1.82) is 0 Å². The summed E-state index contributed by atoms with van der Waals surface area (Å²) in [7, 11) is 0. The van der Waals surface area contributed by atoms with Gasteiger partial charge in [0.2, 0.25) is 0 Å². The average Bonchev–Trinajstić information content (AvgIpc) is 3.27. The lowest BCUT2D eigenvalue weighted by Gasteiger charge is -2.08. The maximum Gasteiger partial charge on any atom is 0.113 e. The van der Waals surface area contributed by atoms with E-state index in [9.17, 15) is 0 Å². The van der Waals surface area contributed by atoms with Gasteiger partial charge in [-0.1, -0.05) is 138 Å². The molecule has 0 saturated heterocycles. The van der Waals surface area contributed by atoms with Crippen LogP contribution in [-0.2, 0) is 25.8 Å². The minimum atomic E-state index is 0.928. The molecule has 2 heteroatoms. The van der Waals surface area contributed by atoms with E-state index in [4.69, 9.17) is 4.98 Å². The van der Waals surface area contributed by atoms with Crippen molar-refractivity contribution in [3.63, 3.8) is 0 Å². The molecule has 0 radical (unpaired) electrons. The number of hydrogen-bond donors (Lipinski definition) is 0. The number of hydrogen-bond acceptors (Lipinski definition) is 1. The van der Waals surface area contributed by atoms with Crippen LogP contribution in [0, 0.1) is 0 Å². The normalized spacial score (nSPS) is 11.2. The molecule has 3 aromatic rings. The fraction of sp³-hybridized carbons (Fsp3) is 0.545. The number of benzene rings is 2. The molecule has 1 aromatic heterocycles. The Morgan fingerprint density at radius 3 is 1.71 bits per heavy atom. The summed E-state index contributed by atoms with van der Waals surface area (Å²) in [6.45, 7) is 3.40. The van der Waals surface area contributed by atoms with Crippen LogP contribution in [0.3, 0.4) is 0 Å². The van der Waals surface area contributed by atoms with E-state index in [0.29, 0.717) is 0 Å². The monoisotopic (exact) mass is 472 g/mol. The zero-order chi connectivity index (χ0) is 24.4. The smallest absolute Gasteiger partial charge is 0.113 e. The zero-order valence-corrected chi connectivity index (χ0v) is 22.3. The van der Waals surface area contributed by atoms with E-state index in [0.717, 1.165) is 32.2 Å². The molecule has 0 spiro atoms. The highest BCUT2D eigenvalue weighted by Gasteiger charge is 2.09. The third-order valence-electron chi connectivity index (χ3n) is 7.11. The van der Waals surface area contributed by atoms with Crippen LogP contribution in [0.4, 0.5) is 0 Å². The van der Waals surface area contributed by atoms with Crippen molar-refractivity contribution in [3.8, 4) is 0 Å². The second kappa shape index (κ2) is 17.1. The molecule has 0 aliphatic heterocycles. The van der Waals surface area contributed by atoms with Crippen LogP contribution in [0.25, 0.3) is 0 Å². The fourth-order valence-electron chi connectivity index (χ4n) is 4.99. The summed E-state index contributed by atoms with van der Waals surface area (Å²) in [6, 6.07) is 21.6. The van der Waals surface area contributed by atoms with Gasteiger partial charge < -0.3 is 4.57 Å². The van der Waals surface area contributed by atoms with Crippen molar-refractivity contribution in [1.82, 2.24) is 9.55 Å². The Kier molecular flexibility index (Phi) is 13.3. The molecule has 0 aliphatic carbocycles. The minimum Gasteiger partial charge on any atom is -0.334 e.